The summed E-state index contributed by atoms with van der Waals surface area (Å²) in [6, 6.07) is 13.1. The summed E-state index contributed by atoms with van der Waals surface area (Å²) in [5.74, 6) is -1.07. The number of esters is 2. The number of benzene rings is 2. The Kier molecular flexibility index (Phi) is 8.99. The minimum Gasteiger partial charge on any atom is -0.480 e. The molecule has 8 nitrogen and oxygen atoms in total. The van der Waals surface area contributed by atoms with Gasteiger partial charge in [-0.05, 0) is 18.6 Å². The number of aliphatic carboxylic acids is 1. The van der Waals surface area contributed by atoms with Crippen LogP contribution in [0.25, 0.3) is 0 Å². The third kappa shape index (κ3) is 7.65. The van der Waals surface area contributed by atoms with Crippen LogP contribution in [-0.2, 0) is 32.3 Å². The molecule has 0 aromatic heterocycles. The Morgan fingerprint density at radius 3 is 2.00 bits per heavy atom. The number of nitrogens with one attached hydrogen (secondary N) is 1. The Hall–Kier alpha value is -3.23. The van der Waals surface area contributed by atoms with Gasteiger partial charge in [0.2, 0.25) is 0 Å². The van der Waals surface area contributed by atoms with Gasteiger partial charge in [-0.25, -0.2) is 0 Å². The molecule has 0 saturated carbocycles. The van der Waals surface area contributed by atoms with Crippen molar-refractivity contribution in [3.8, 4) is 11.5 Å². The molecule has 0 fully saturated rings. The highest BCUT2D eigenvalue weighted by molar-refractivity contribution is 5.73. The highest BCUT2D eigenvalue weighted by Crippen LogP contribution is 2.20. The van der Waals surface area contributed by atoms with Gasteiger partial charge in [-0.15, -0.1) is 0 Å². The van der Waals surface area contributed by atoms with Crippen molar-refractivity contribution in [1.82, 2.24) is 5.32 Å². The number of carboxylic acid groups (broad SMARTS) is 1. The maximum Gasteiger partial charge on any atom is 0.320 e. The van der Waals surface area contributed by atoms with Crippen molar-refractivity contribution >= 4 is 17.9 Å². The number of carboxylic acids is 1. The molecule has 0 spiro atoms. The lowest BCUT2D eigenvalue weighted by Gasteiger charge is -2.16. The first-order chi connectivity index (χ1) is 14.4. The topological polar surface area (TPSA) is 111 Å². The first kappa shape index (κ1) is 23.1. The first-order valence-electron chi connectivity index (χ1n) is 9.43. The Morgan fingerprint density at radius 1 is 0.900 bits per heavy atom. The molecule has 0 aliphatic rings. The lowest BCUT2D eigenvalue weighted by molar-refractivity contribution is -0.140. The Morgan fingerprint density at radius 2 is 1.43 bits per heavy atom. The van der Waals surface area contributed by atoms with Crippen LogP contribution in [0.5, 0.6) is 11.5 Å². The third-order valence-electron chi connectivity index (χ3n) is 4.10. The minimum absolute atomic E-state index is 0.184. The minimum atomic E-state index is -1.01. The summed E-state index contributed by atoms with van der Waals surface area (Å²) >= 11 is 0. The number of carbonyl (C=O) groups excluding carboxylic acids is 2. The number of para-hydroxylation sites is 2. The summed E-state index contributed by atoms with van der Waals surface area (Å²) in [4.78, 5) is 33.9. The smallest absolute Gasteiger partial charge is 0.320 e. The normalized spacial score (nSPS) is 11.5. The van der Waals surface area contributed by atoms with Gasteiger partial charge in [0.25, 0.3) is 0 Å². The average Bonchev–Trinajstić information content (AvgIpc) is 2.68. The first-order valence-corrected chi connectivity index (χ1v) is 9.43. The maximum atomic E-state index is 11.6. The number of hydrogen-bond donors (Lipinski definition) is 2. The van der Waals surface area contributed by atoms with Crippen LogP contribution in [0.4, 0.5) is 0 Å². The van der Waals surface area contributed by atoms with E-state index in [0.717, 1.165) is 0 Å². The van der Waals surface area contributed by atoms with Crippen LogP contribution in [0, 0.1) is 0 Å². The van der Waals surface area contributed by atoms with Gasteiger partial charge in [-0.3, -0.25) is 14.4 Å². The van der Waals surface area contributed by atoms with E-state index >= 15 is 0 Å². The second kappa shape index (κ2) is 11.7. The molecule has 0 heterocycles. The van der Waals surface area contributed by atoms with Crippen LogP contribution < -0.4 is 14.8 Å². The molecule has 2 aromatic carbocycles. The molecule has 0 saturated heterocycles. The van der Waals surface area contributed by atoms with Crippen molar-refractivity contribution < 1.29 is 33.7 Å². The van der Waals surface area contributed by atoms with Gasteiger partial charge < -0.3 is 24.6 Å². The molecule has 0 aliphatic carbocycles. The largest absolute Gasteiger partial charge is 0.480 e. The summed E-state index contributed by atoms with van der Waals surface area (Å²) in [5.41, 5.74) is 1.37. The monoisotopic (exact) mass is 415 g/mol. The van der Waals surface area contributed by atoms with Gasteiger partial charge in [0.05, 0.1) is 6.61 Å². The summed E-state index contributed by atoms with van der Waals surface area (Å²) in [6.45, 7) is 3.21. The highest BCUT2D eigenvalue weighted by Gasteiger charge is 2.18. The van der Waals surface area contributed by atoms with E-state index in [1.54, 1.807) is 48.5 Å². The molecule has 0 unspecified atom stereocenters. The lowest BCUT2D eigenvalue weighted by atomic mass is 10.1. The standard InChI is InChI=1S/C22H25NO7/c1-15(24)29-20-9-5-3-7-17(20)13-23-19(22(26)27)11-12-28-14-18-8-4-6-10-21(18)30-16(2)25/h3-10,19,23H,11-14H2,1-2H3,(H,26,27)/t19-/m0/s1. The zero-order valence-corrected chi connectivity index (χ0v) is 16.9. The fourth-order valence-electron chi connectivity index (χ4n) is 2.71. The zero-order valence-electron chi connectivity index (χ0n) is 16.9. The van der Waals surface area contributed by atoms with E-state index in [0.29, 0.717) is 22.6 Å². The molecule has 8 heteroatoms. The van der Waals surface area contributed by atoms with E-state index < -0.39 is 23.9 Å². The van der Waals surface area contributed by atoms with E-state index in [1.165, 1.54) is 13.8 Å². The second-order valence-corrected chi connectivity index (χ2v) is 6.52. The third-order valence-corrected chi connectivity index (χ3v) is 4.10. The predicted molar refractivity (Wildman–Crippen MR) is 108 cm³/mol. The highest BCUT2D eigenvalue weighted by atomic mass is 16.5. The SMILES string of the molecule is CC(=O)Oc1ccccc1CN[C@@H](CCOCc1ccccc1OC(C)=O)C(=O)O. The Labute approximate surface area is 174 Å². The predicted octanol–water partition coefficient (Wildman–Crippen LogP) is 2.69. The number of hydrogen-bond acceptors (Lipinski definition) is 7. The fourth-order valence-corrected chi connectivity index (χ4v) is 2.71. The molecule has 0 aliphatic heterocycles. The fraction of sp³-hybridized carbons (Fsp3) is 0.318. The van der Waals surface area contributed by atoms with Crippen molar-refractivity contribution in [2.75, 3.05) is 6.61 Å². The van der Waals surface area contributed by atoms with Gasteiger partial charge in [0, 0.05) is 38.1 Å². The molecule has 0 radical (unpaired) electrons. The zero-order chi connectivity index (χ0) is 21.9. The van der Waals surface area contributed by atoms with Crippen LogP contribution >= 0.6 is 0 Å². The van der Waals surface area contributed by atoms with E-state index in [4.69, 9.17) is 14.2 Å². The van der Waals surface area contributed by atoms with E-state index in [9.17, 15) is 19.5 Å². The molecular weight excluding hydrogens is 390 g/mol. The van der Waals surface area contributed by atoms with Crippen LogP contribution in [-0.4, -0.2) is 35.7 Å². The molecule has 0 amide bonds. The van der Waals surface area contributed by atoms with Gasteiger partial charge in [-0.2, -0.15) is 0 Å². The summed E-state index contributed by atoms with van der Waals surface area (Å²) in [5, 5.41) is 12.4. The van der Waals surface area contributed by atoms with Crippen molar-refractivity contribution in [2.24, 2.45) is 0 Å². The molecule has 160 valence electrons. The summed E-state index contributed by atoms with van der Waals surface area (Å²) in [7, 11) is 0. The van der Waals surface area contributed by atoms with E-state index in [-0.39, 0.29) is 26.2 Å². The quantitative estimate of drug-likeness (QED) is 0.327. The van der Waals surface area contributed by atoms with Crippen LogP contribution in [0.3, 0.4) is 0 Å². The lowest BCUT2D eigenvalue weighted by Crippen LogP contribution is -2.37. The van der Waals surface area contributed by atoms with Gasteiger partial charge >= 0.3 is 17.9 Å². The maximum absolute atomic E-state index is 11.6. The average molecular weight is 415 g/mol. The van der Waals surface area contributed by atoms with Crippen LogP contribution in [0.1, 0.15) is 31.4 Å². The van der Waals surface area contributed by atoms with Gasteiger partial charge in [-0.1, -0.05) is 36.4 Å². The number of rotatable bonds is 11. The van der Waals surface area contributed by atoms with E-state index in [1.807, 2.05) is 0 Å². The summed E-state index contributed by atoms with van der Waals surface area (Å²) in [6.07, 6.45) is 0.223. The van der Waals surface area contributed by atoms with Crippen molar-refractivity contribution in [1.29, 1.82) is 0 Å². The molecule has 2 N–H and O–H groups in total. The van der Waals surface area contributed by atoms with Crippen LogP contribution in [0.2, 0.25) is 0 Å². The van der Waals surface area contributed by atoms with Gasteiger partial charge in [0.15, 0.2) is 0 Å². The molecule has 2 aromatic rings. The molecule has 0 bridgehead atoms. The number of ether oxygens (including phenoxy) is 3. The van der Waals surface area contributed by atoms with Crippen molar-refractivity contribution in [2.45, 2.75) is 39.5 Å². The van der Waals surface area contributed by atoms with Crippen LogP contribution in [0.15, 0.2) is 48.5 Å². The van der Waals surface area contributed by atoms with Crippen molar-refractivity contribution in [3.63, 3.8) is 0 Å². The Balaban J connectivity index is 1.87. The molecule has 1 atom stereocenters. The molecular formula is C22H25NO7. The second-order valence-electron chi connectivity index (χ2n) is 6.52. The van der Waals surface area contributed by atoms with Gasteiger partial charge in [0.1, 0.15) is 17.5 Å². The Bertz CT molecular complexity index is 881. The van der Waals surface area contributed by atoms with E-state index in [2.05, 4.69) is 5.32 Å². The summed E-state index contributed by atoms with van der Waals surface area (Å²) < 4.78 is 15.9. The molecule has 30 heavy (non-hydrogen) atoms. The number of carbonyl (C=O) groups is 3. The molecule has 2 rings (SSSR count). The van der Waals surface area contributed by atoms with Crippen molar-refractivity contribution in [3.05, 3.63) is 59.7 Å².